The van der Waals surface area contributed by atoms with Crippen molar-refractivity contribution in [2.75, 3.05) is 23.1 Å². The molecule has 0 aliphatic rings. The average Bonchev–Trinajstić information content (AvgIpc) is 3.40. The smallest absolute Gasteiger partial charge is 0.338 e. The van der Waals surface area contributed by atoms with Gasteiger partial charge in [-0.05, 0) is 61.4 Å². The van der Waals surface area contributed by atoms with Crippen molar-refractivity contribution in [3.05, 3.63) is 100 Å². The highest BCUT2D eigenvalue weighted by Crippen LogP contribution is 2.20. The standard InChI is InChI=1S/C30H27N5O5S/c1-2-40-29(39)19-11-14-21(15-12-19)32-27(37)18-41-30-33-25-10-6-4-8-23(25)28(38)35(30)34-26(36)16-13-20-17-31-24-9-5-3-7-22(20)24/h3-12,14-15,17,31H,2,13,16,18H2,1H3,(H,32,37)(H,34,36). The van der Waals surface area contributed by atoms with Crippen molar-refractivity contribution in [2.24, 2.45) is 0 Å². The molecule has 0 unspecified atom stereocenters. The summed E-state index contributed by atoms with van der Waals surface area (Å²) >= 11 is 1.02. The van der Waals surface area contributed by atoms with Crippen LogP contribution in [-0.2, 0) is 20.7 Å². The van der Waals surface area contributed by atoms with Gasteiger partial charge in [0.1, 0.15) is 0 Å². The van der Waals surface area contributed by atoms with E-state index in [2.05, 4.69) is 20.7 Å². The van der Waals surface area contributed by atoms with E-state index in [1.54, 1.807) is 55.5 Å². The summed E-state index contributed by atoms with van der Waals surface area (Å²) in [6.45, 7) is 2.00. The van der Waals surface area contributed by atoms with Gasteiger partial charge < -0.3 is 15.0 Å². The zero-order chi connectivity index (χ0) is 28.8. The number of para-hydroxylation sites is 2. The number of carbonyl (C=O) groups excluding carboxylic acids is 3. The Morgan fingerprint density at radius 3 is 2.46 bits per heavy atom. The zero-order valence-corrected chi connectivity index (χ0v) is 23.0. The summed E-state index contributed by atoms with van der Waals surface area (Å²) in [4.78, 5) is 58.5. The van der Waals surface area contributed by atoms with E-state index in [0.717, 1.165) is 32.9 Å². The molecule has 41 heavy (non-hydrogen) atoms. The first-order valence-electron chi connectivity index (χ1n) is 13.0. The molecular formula is C30H27N5O5S. The number of amides is 2. The number of H-pyrrole nitrogens is 1. The van der Waals surface area contributed by atoms with E-state index >= 15 is 0 Å². The Kier molecular flexibility index (Phi) is 8.44. The van der Waals surface area contributed by atoms with E-state index in [4.69, 9.17) is 4.74 Å². The Balaban J connectivity index is 1.28. The number of nitrogens with one attached hydrogen (secondary N) is 3. The maximum atomic E-state index is 13.3. The Morgan fingerprint density at radius 1 is 0.951 bits per heavy atom. The molecule has 0 aliphatic carbocycles. The lowest BCUT2D eigenvalue weighted by Gasteiger charge is -2.14. The normalized spacial score (nSPS) is 11.0. The predicted molar refractivity (Wildman–Crippen MR) is 159 cm³/mol. The van der Waals surface area contributed by atoms with Crippen molar-refractivity contribution in [1.82, 2.24) is 14.6 Å². The molecule has 0 atom stereocenters. The van der Waals surface area contributed by atoms with E-state index in [0.29, 0.717) is 28.6 Å². The van der Waals surface area contributed by atoms with Crippen LogP contribution < -0.4 is 16.3 Å². The first kappa shape index (κ1) is 27.7. The molecule has 208 valence electrons. The fourth-order valence-corrected chi connectivity index (χ4v) is 5.06. The molecule has 10 nitrogen and oxygen atoms in total. The molecule has 0 fully saturated rings. The van der Waals surface area contributed by atoms with Gasteiger partial charge in [-0.1, -0.05) is 42.1 Å². The van der Waals surface area contributed by atoms with Crippen LogP contribution in [0.25, 0.3) is 21.8 Å². The largest absolute Gasteiger partial charge is 0.462 e. The van der Waals surface area contributed by atoms with Crippen LogP contribution in [0.4, 0.5) is 5.69 Å². The minimum absolute atomic E-state index is 0.0738. The van der Waals surface area contributed by atoms with Gasteiger partial charge in [-0.15, -0.1) is 0 Å². The summed E-state index contributed by atoms with van der Waals surface area (Å²) in [6.07, 6.45) is 2.50. The SMILES string of the molecule is CCOC(=O)c1ccc(NC(=O)CSc2nc3ccccc3c(=O)n2NC(=O)CCc2c[nH]c3ccccc23)cc1. The third kappa shape index (κ3) is 6.47. The van der Waals surface area contributed by atoms with Gasteiger partial charge in [0.2, 0.25) is 11.8 Å². The summed E-state index contributed by atoms with van der Waals surface area (Å²) in [5, 5.41) is 4.33. The number of benzene rings is 3. The van der Waals surface area contributed by atoms with Gasteiger partial charge in [-0.2, -0.15) is 4.68 Å². The fraction of sp³-hybridized carbons (Fsp3) is 0.167. The van der Waals surface area contributed by atoms with E-state index in [1.165, 1.54) is 0 Å². The fourth-order valence-electron chi connectivity index (χ4n) is 4.31. The minimum atomic E-state index is -0.440. The highest BCUT2D eigenvalue weighted by atomic mass is 32.2. The van der Waals surface area contributed by atoms with Gasteiger partial charge >= 0.3 is 5.97 Å². The van der Waals surface area contributed by atoms with Crippen LogP contribution in [0, 0.1) is 0 Å². The van der Waals surface area contributed by atoms with Gasteiger partial charge in [0.05, 0.1) is 28.8 Å². The molecule has 2 aromatic heterocycles. The second-order valence-corrected chi connectivity index (χ2v) is 10.0. The number of aryl methyl sites for hydroxylation is 1. The molecule has 0 radical (unpaired) electrons. The number of hydrogen-bond acceptors (Lipinski definition) is 7. The van der Waals surface area contributed by atoms with Gasteiger partial charge in [0.25, 0.3) is 5.56 Å². The van der Waals surface area contributed by atoms with Crippen LogP contribution >= 0.6 is 11.8 Å². The molecule has 5 aromatic rings. The molecule has 2 amide bonds. The van der Waals surface area contributed by atoms with Crippen LogP contribution in [0.15, 0.2) is 88.9 Å². The lowest BCUT2D eigenvalue weighted by molar-refractivity contribution is -0.117. The van der Waals surface area contributed by atoms with Crippen molar-refractivity contribution in [1.29, 1.82) is 0 Å². The quantitative estimate of drug-likeness (QED) is 0.128. The zero-order valence-electron chi connectivity index (χ0n) is 22.2. The molecule has 5 rings (SSSR count). The molecule has 3 N–H and O–H groups in total. The molecule has 0 spiro atoms. The highest BCUT2D eigenvalue weighted by molar-refractivity contribution is 7.99. The van der Waals surface area contributed by atoms with Crippen molar-refractivity contribution < 1.29 is 19.1 Å². The lowest BCUT2D eigenvalue weighted by Crippen LogP contribution is -2.35. The van der Waals surface area contributed by atoms with Gasteiger partial charge in [0, 0.05) is 29.2 Å². The number of hydrogen-bond donors (Lipinski definition) is 3. The number of fused-ring (bicyclic) bond motifs is 2. The molecule has 2 heterocycles. The molecular weight excluding hydrogens is 542 g/mol. The first-order chi connectivity index (χ1) is 19.9. The van der Waals surface area contributed by atoms with Gasteiger partial charge in [0.15, 0.2) is 5.16 Å². The molecule has 0 bridgehead atoms. The Morgan fingerprint density at radius 2 is 1.68 bits per heavy atom. The maximum absolute atomic E-state index is 13.3. The van der Waals surface area contributed by atoms with Crippen LogP contribution in [-0.4, -0.2) is 44.8 Å². The van der Waals surface area contributed by atoms with Crippen molar-refractivity contribution in [3.63, 3.8) is 0 Å². The topological polar surface area (TPSA) is 135 Å². The van der Waals surface area contributed by atoms with Crippen LogP contribution in [0.1, 0.15) is 29.3 Å². The van der Waals surface area contributed by atoms with Gasteiger partial charge in [-0.25, -0.2) is 9.78 Å². The number of esters is 1. The van der Waals surface area contributed by atoms with Crippen LogP contribution in [0.2, 0.25) is 0 Å². The number of aromatic nitrogens is 3. The van der Waals surface area contributed by atoms with E-state index in [9.17, 15) is 19.2 Å². The summed E-state index contributed by atoms with van der Waals surface area (Å²) in [6, 6.07) is 21.0. The summed E-state index contributed by atoms with van der Waals surface area (Å²) < 4.78 is 6.07. The predicted octanol–water partition coefficient (Wildman–Crippen LogP) is 4.49. The lowest BCUT2D eigenvalue weighted by atomic mass is 10.1. The highest BCUT2D eigenvalue weighted by Gasteiger charge is 2.16. The second kappa shape index (κ2) is 12.5. The van der Waals surface area contributed by atoms with Gasteiger partial charge in [-0.3, -0.25) is 19.8 Å². The molecule has 0 aliphatic heterocycles. The number of ether oxygens (including phenoxy) is 1. The molecule has 0 saturated heterocycles. The van der Waals surface area contributed by atoms with E-state index in [-0.39, 0.29) is 35.8 Å². The number of anilines is 1. The third-order valence-electron chi connectivity index (χ3n) is 6.29. The van der Waals surface area contributed by atoms with Crippen molar-refractivity contribution in [3.8, 4) is 0 Å². The van der Waals surface area contributed by atoms with Crippen molar-refractivity contribution in [2.45, 2.75) is 24.9 Å². The average molecular weight is 570 g/mol. The van der Waals surface area contributed by atoms with E-state index < -0.39 is 11.5 Å². The first-order valence-corrected chi connectivity index (χ1v) is 14.0. The van der Waals surface area contributed by atoms with Crippen molar-refractivity contribution >= 4 is 57.0 Å². The summed E-state index contributed by atoms with van der Waals surface area (Å²) in [5.41, 5.74) is 5.57. The molecule has 0 saturated carbocycles. The van der Waals surface area contributed by atoms with E-state index in [1.807, 2.05) is 30.5 Å². The minimum Gasteiger partial charge on any atom is -0.462 e. The number of aromatic amines is 1. The van der Waals surface area contributed by atoms with Crippen LogP contribution in [0.3, 0.4) is 0 Å². The Hall–Kier alpha value is -4.90. The Bertz CT molecular complexity index is 1800. The second-order valence-electron chi connectivity index (χ2n) is 9.08. The third-order valence-corrected chi connectivity index (χ3v) is 7.23. The number of thioether (sulfide) groups is 1. The Labute approximate surface area is 239 Å². The molecule has 11 heteroatoms. The number of nitrogens with zero attached hydrogens (tertiary/aromatic N) is 2. The summed E-state index contributed by atoms with van der Waals surface area (Å²) in [7, 11) is 0. The number of carbonyl (C=O) groups is 3. The van der Waals surface area contributed by atoms with Crippen LogP contribution in [0.5, 0.6) is 0 Å². The molecule has 3 aromatic carbocycles. The maximum Gasteiger partial charge on any atom is 0.338 e. The summed E-state index contributed by atoms with van der Waals surface area (Å²) in [5.74, 6) is -1.22. The number of rotatable bonds is 10. The monoisotopic (exact) mass is 569 g/mol.